The second-order valence-electron chi connectivity index (χ2n) is 9.04. The van der Waals surface area contributed by atoms with Crippen LogP contribution in [0.1, 0.15) is 66.7 Å². The topological polar surface area (TPSA) is 21.7 Å². The van der Waals surface area contributed by atoms with Crippen molar-refractivity contribution in [3.63, 3.8) is 0 Å². The lowest BCUT2D eigenvalue weighted by molar-refractivity contribution is -0.0788. The van der Waals surface area contributed by atoms with Gasteiger partial charge in [0.2, 0.25) is 0 Å². The Bertz CT molecular complexity index is 854. The average Bonchev–Trinajstić information content (AvgIpc) is 3.13. The fourth-order valence-corrected chi connectivity index (χ4v) is 5.90. The van der Waals surface area contributed by atoms with Crippen LogP contribution in [0.2, 0.25) is 0 Å². The van der Waals surface area contributed by atoms with E-state index in [0.29, 0.717) is 5.92 Å². The van der Waals surface area contributed by atoms with Crippen molar-refractivity contribution in [3.05, 3.63) is 64.7 Å². The van der Waals surface area contributed by atoms with Crippen molar-refractivity contribution in [1.82, 2.24) is 4.90 Å². The summed E-state index contributed by atoms with van der Waals surface area (Å²) >= 11 is 0. The van der Waals surface area contributed by atoms with E-state index in [1.807, 2.05) is 0 Å². The van der Waals surface area contributed by atoms with Crippen LogP contribution in [0.15, 0.2) is 42.5 Å². The zero-order valence-electron chi connectivity index (χ0n) is 17.7. The third kappa shape index (κ3) is 3.60. The minimum atomic E-state index is -0.00798. The van der Waals surface area contributed by atoms with Crippen LogP contribution in [0.25, 0.3) is 0 Å². The molecule has 1 unspecified atom stereocenters. The molecule has 1 atom stereocenters. The lowest BCUT2D eigenvalue weighted by Crippen LogP contribution is -2.42. The van der Waals surface area contributed by atoms with Crippen LogP contribution in [-0.4, -0.2) is 31.6 Å². The number of ether oxygens (including phenoxy) is 2. The van der Waals surface area contributed by atoms with Gasteiger partial charge in [0.1, 0.15) is 5.75 Å². The van der Waals surface area contributed by atoms with Gasteiger partial charge in [-0.05, 0) is 85.7 Å². The van der Waals surface area contributed by atoms with Gasteiger partial charge in [0.25, 0.3) is 0 Å². The van der Waals surface area contributed by atoms with Gasteiger partial charge in [0, 0.05) is 13.1 Å². The van der Waals surface area contributed by atoms with E-state index in [-0.39, 0.29) is 5.60 Å². The molecule has 1 fully saturated rings. The molecule has 1 spiro atoms. The van der Waals surface area contributed by atoms with Crippen molar-refractivity contribution in [2.24, 2.45) is 0 Å². The highest BCUT2D eigenvalue weighted by Crippen LogP contribution is 2.44. The minimum Gasteiger partial charge on any atom is -0.496 e. The smallest absolute Gasteiger partial charge is 0.122 e. The molecular formula is C26H33NO2. The number of hydrogen-bond acceptors (Lipinski definition) is 3. The van der Waals surface area contributed by atoms with Crippen LogP contribution in [0.4, 0.5) is 0 Å². The molecule has 1 saturated heterocycles. The molecule has 2 aromatic rings. The van der Waals surface area contributed by atoms with Gasteiger partial charge in [-0.3, -0.25) is 0 Å². The first-order valence-corrected chi connectivity index (χ1v) is 11.4. The summed E-state index contributed by atoms with van der Waals surface area (Å²) in [7, 11) is 1.80. The van der Waals surface area contributed by atoms with E-state index in [1.54, 1.807) is 12.7 Å². The molecule has 0 radical (unpaired) electrons. The van der Waals surface area contributed by atoms with Crippen molar-refractivity contribution < 1.29 is 9.47 Å². The zero-order valence-corrected chi connectivity index (χ0v) is 17.7. The summed E-state index contributed by atoms with van der Waals surface area (Å²) in [6.07, 6.45) is 8.63. The Kier molecular flexibility index (Phi) is 5.36. The van der Waals surface area contributed by atoms with Crippen molar-refractivity contribution >= 4 is 0 Å². The van der Waals surface area contributed by atoms with Gasteiger partial charge in [-0.25, -0.2) is 0 Å². The highest BCUT2D eigenvalue weighted by molar-refractivity contribution is 5.43. The highest BCUT2D eigenvalue weighted by Gasteiger charge is 2.42. The van der Waals surface area contributed by atoms with Crippen LogP contribution in [-0.2, 0) is 23.4 Å². The minimum absolute atomic E-state index is 0.00798. The molecule has 0 bridgehead atoms. The van der Waals surface area contributed by atoms with E-state index in [0.717, 1.165) is 38.3 Å². The predicted octanol–water partition coefficient (Wildman–Crippen LogP) is 5.42. The maximum atomic E-state index is 6.32. The molecule has 3 aliphatic rings. The van der Waals surface area contributed by atoms with Crippen LogP contribution >= 0.6 is 0 Å². The van der Waals surface area contributed by atoms with Crippen LogP contribution < -0.4 is 4.74 Å². The van der Waals surface area contributed by atoms with Crippen LogP contribution in [0, 0.1) is 0 Å². The third-order valence-corrected chi connectivity index (χ3v) is 7.51. The summed E-state index contributed by atoms with van der Waals surface area (Å²) in [6.45, 7) is 4.32. The van der Waals surface area contributed by atoms with Gasteiger partial charge in [-0.15, -0.1) is 0 Å². The molecule has 0 aromatic heterocycles. The Morgan fingerprint density at radius 3 is 2.83 bits per heavy atom. The molecule has 2 aliphatic heterocycles. The molecule has 1 aliphatic carbocycles. The number of piperidine rings is 1. The predicted molar refractivity (Wildman–Crippen MR) is 116 cm³/mol. The summed E-state index contributed by atoms with van der Waals surface area (Å²) in [4.78, 5) is 2.66. The maximum Gasteiger partial charge on any atom is 0.122 e. The molecule has 29 heavy (non-hydrogen) atoms. The van der Waals surface area contributed by atoms with Gasteiger partial charge in [-0.1, -0.05) is 36.4 Å². The molecule has 5 rings (SSSR count). The van der Waals surface area contributed by atoms with Gasteiger partial charge < -0.3 is 14.4 Å². The van der Waals surface area contributed by atoms with E-state index in [4.69, 9.17) is 9.47 Å². The Morgan fingerprint density at radius 2 is 1.97 bits per heavy atom. The molecule has 0 saturated carbocycles. The van der Waals surface area contributed by atoms with Gasteiger partial charge in [-0.2, -0.15) is 0 Å². The second kappa shape index (κ2) is 8.12. The number of benzene rings is 2. The van der Waals surface area contributed by atoms with Gasteiger partial charge in [0.05, 0.1) is 19.3 Å². The molecule has 2 heterocycles. The first-order valence-electron chi connectivity index (χ1n) is 11.4. The van der Waals surface area contributed by atoms with Crippen molar-refractivity contribution in [2.75, 3.05) is 26.7 Å². The SMILES string of the molecule is COc1cccc2c1CCCC2CCCN1CCC2(CC1)OCc1ccccc12. The molecule has 2 aromatic carbocycles. The van der Waals surface area contributed by atoms with Crippen molar-refractivity contribution in [2.45, 2.75) is 63.1 Å². The standard InChI is InChI=1S/C26H33NO2/c1-28-25-13-5-10-22-20(8-4-11-23(22)25)9-6-16-27-17-14-26(15-18-27)24-12-3-2-7-21(24)19-29-26/h2-3,5,7,10,12-13,20H,4,6,8-9,11,14-19H2,1H3. The van der Waals surface area contributed by atoms with E-state index in [2.05, 4.69) is 47.4 Å². The Morgan fingerprint density at radius 1 is 1.10 bits per heavy atom. The molecule has 3 nitrogen and oxygen atoms in total. The zero-order chi connectivity index (χ0) is 19.7. The molecule has 0 amide bonds. The first-order chi connectivity index (χ1) is 14.3. The lowest BCUT2D eigenvalue weighted by Gasteiger charge is -2.39. The van der Waals surface area contributed by atoms with Crippen molar-refractivity contribution in [1.29, 1.82) is 0 Å². The Labute approximate surface area is 175 Å². The second-order valence-corrected chi connectivity index (χ2v) is 9.04. The molecule has 0 N–H and O–H groups in total. The number of fused-ring (bicyclic) bond motifs is 3. The highest BCUT2D eigenvalue weighted by atomic mass is 16.5. The van der Waals surface area contributed by atoms with Crippen LogP contribution in [0.5, 0.6) is 5.75 Å². The Hall–Kier alpha value is -1.84. The summed E-state index contributed by atoms with van der Waals surface area (Å²) < 4.78 is 11.9. The Balaban J connectivity index is 1.15. The third-order valence-electron chi connectivity index (χ3n) is 7.51. The summed E-state index contributed by atoms with van der Waals surface area (Å²) in [6, 6.07) is 15.4. The average molecular weight is 392 g/mol. The number of hydrogen-bond donors (Lipinski definition) is 0. The number of rotatable bonds is 5. The normalized spacial score (nSPS) is 23.0. The quantitative estimate of drug-likeness (QED) is 0.680. The molecule has 3 heteroatoms. The summed E-state index contributed by atoms with van der Waals surface area (Å²) in [5.41, 5.74) is 5.85. The van der Waals surface area contributed by atoms with E-state index >= 15 is 0 Å². The first kappa shape index (κ1) is 19.1. The number of likely N-dealkylation sites (tertiary alicyclic amines) is 1. The van der Waals surface area contributed by atoms with Gasteiger partial charge in [0.15, 0.2) is 0 Å². The van der Waals surface area contributed by atoms with E-state index in [9.17, 15) is 0 Å². The van der Waals surface area contributed by atoms with E-state index < -0.39 is 0 Å². The lowest BCUT2D eigenvalue weighted by atomic mass is 9.80. The van der Waals surface area contributed by atoms with Crippen molar-refractivity contribution in [3.8, 4) is 5.75 Å². The number of nitrogens with zero attached hydrogens (tertiary/aromatic N) is 1. The molecule has 154 valence electrons. The van der Waals surface area contributed by atoms with Gasteiger partial charge >= 0.3 is 0 Å². The molecular weight excluding hydrogens is 358 g/mol. The fourth-order valence-electron chi connectivity index (χ4n) is 5.90. The summed E-state index contributed by atoms with van der Waals surface area (Å²) in [5.74, 6) is 1.79. The van der Waals surface area contributed by atoms with E-state index in [1.165, 1.54) is 55.3 Å². The number of methoxy groups -OCH3 is 1. The fraction of sp³-hybridized carbons (Fsp3) is 0.538. The summed E-state index contributed by atoms with van der Waals surface area (Å²) in [5, 5.41) is 0. The maximum absolute atomic E-state index is 6.32. The largest absolute Gasteiger partial charge is 0.496 e. The van der Waals surface area contributed by atoms with Crippen LogP contribution in [0.3, 0.4) is 0 Å². The monoisotopic (exact) mass is 391 g/mol.